The molecular weight excluding hydrogens is 338 g/mol. The van der Waals surface area contributed by atoms with E-state index in [1.807, 2.05) is 32.0 Å². The number of hydrogen-bond donors (Lipinski definition) is 2. The van der Waals surface area contributed by atoms with E-state index in [1.165, 1.54) is 5.56 Å². The van der Waals surface area contributed by atoms with Gasteiger partial charge in [0, 0.05) is 0 Å². The number of phenols is 1. The van der Waals surface area contributed by atoms with Gasteiger partial charge in [0.2, 0.25) is 0 Å². The third-order valence-electron chi connectivity index (χ3n) is 4.52. The molecule has 0 atom stereocenters. The molecule has 0 aromatic heterocycles. The molecule has 0 saturated heterocycles. The van der Waals surface area contributed by atoms with E-state index in [-0.39, 0.29) is 25.0 Å². The molecule has 2 N–H and O–H groups in total. The summed E-state index contributed by atoms with van der Waals surface area (Å²) in [6, 6.07) is 9.68. The number of hydrogen-bond acceptors (Lipinski definition) is 3. The largest absolute Gasteiger partial charge is 0.508 e. The summed E-state index contributed by atoms with van der Waals surface area (Å²) in [7, 11) is 0. The Morgan fingerprint density at radius 3 is 2.48 bits per heavy atom. The molecular formula is C23H27NO3. The Morgan fingerprint density at radius 1 is 1.22 bits per heavy atom. The molecule has 2 rings (SSSR count). The van der Waals surface area contributed by atoms with Gasteiger partial charge >= 0.3 is 0 Å². The molecule has 0 unspecified atom stereocenters. The maximum absolute atomic E-state index is 11.6. The van der Waals surface area contributed by atoms with Gasteiger partial charge in [-0.05, 0) is 72.2 Å². The van der Waals surface area contributed by atoms with Crippen molar-refractivity contribution in [1.29, 1.82) is 0 Å². The summed E-state index contributed by atoms with van der Waals surface area (Å²) >= 11 is 0. The molecule has 0 heterocycles. The maximum Gasteiger partial charge on any atom is 0.258 e. The molecule has 4 nitrogen and oxygen atoms in total. The third-order valence-corrected chi connectivity index (χ3v) is 4.52. The molecule has 142 valence electrons. The minimum atomic E-state index is -0.238. The van der Waals surface area contributed by atoms with E-state index < -0.39 is 0 Å². The van der Waals surface area contributed by atoms with Crippen LogP contribution in [-0.2, 0) is 11.2 Å². The molecule has 0 spiro atoms. The second kappa shape index (κ2) is 9.14. The van der Waals surface area contributed by atoms with Crippen LogP contribution in [0.1, 0.15) is 47.6 Å². The third kappa shape index (κ3) is 5.52. The Bertz CT molecular complexity index is 839. The lowest BCUT2D eigenvalue weighted by Gasteiger charge is -2.15. The topological polar surface area (TPSA) is 58.6 Å². The Hall–Kier alpha value is -2.93. The highest BCUT2D eigenvalue weighted by molar-refractivity contribution is 5.77. The van der Waals surface area contributed by atoms with Crippen LogP contribution in [0.2, 0.25) is 0 Å². The molecule has 0 aliphatic rings. The number of aryl methyl sites for hydroxylation is 2. The predicted molar refractivity (Wildman–Crippen MR) is 108 cm³/mol. The van der Waals surface area contributed by atoms with Crippen LogP contribution < -0.4 is 10.1 Å². The Balaban J connectivity index is 2.14. The van der Waals surface area contributed by atoms with E-state index in [4.69, 9.17) is 11.2 Å². The lowest BCUT2D eigenvalue weighted by Crippen LogP contribution is -2.29. The average Bonchev–Trinajstić information content (AvgIpc) is 2.62. The van der Waals surface area contributed by atoms with Crippen LogP contribution in [0.15, 0.2) is 30.3 Å². The van der Waals surface area contributed by atoms with E-state index in [0.29, 0.717) is 11.5 Å². The summed E-state index contributed by atoms with van der Waals surface area (Å²) in [5.74, 6) is 3.39. The van der Waals surface area contributed by atoms with Gasteiger partial charge in [0.15, 0.2) is 6.61 Å². The van der Waals surface area contributed by atoms with Gasteiger partial charge < -0.3 is 15.2 Å². The summed E-state index contributed by atoms with van der Waals surface area (Å²) in [5.41, 5.74) is 5.55. The summed E-state index contributed by atoms with van der Waals surface area (Å²) in [4.78, 5) is 11.6. The number of terminal acetylenes is 1. The first-order valence-electron chi connectivity index (χ1n) is 9.06. The molecule has 0 saturated carbocycles. The van der Waals surface area contributed by atoms with Crippen molar-refractivity contribution in [1.82, 2.24) is 5.32 Å². The van der Waals surface area contributed by atoms with Crippen molar-refractivity contribution in [3.63, 3.8) is 0 Å². The van der Waals surface area contributed by atoms with E-state index in [9.17, 15) is 9.90 Å². The maximum atomic E-state index is 11.6. The fourth-order valence-corrected chi connectivity index (χ4v) is 3.05. The van der Waals surface area contributed by atoms with Crippen molar-refractivity contribution in [2.45, 2.75) is 40.0 Å². The SMILES string of the molecule is C#CCNC(=O)COc1cc(C)c(Cc2ccc(O)c(C(C)C)c2)c(C)c1. The molecule has 27 heavy (non-hydrogen) atoms. The van der Waals surface area contributed by atoms with Crippen LogP contribution in [-0.4, -0.2) is 24.2 Å². The summed E-state index contributed by atoms with van der Waals surface area (Å²) in [6.07, 6.45) is 5.90. The van der Waals surface area contributed by atoms with E-state index in [1.54, 1.807) is 6.07 Å². The Morgan fingerprint density at radius 2 is 1.89 bits per heavy atom. The zero-order valence-corrected chi connectivity index (χ0v) is 16.4. The number of rotatable bonds is 7. The monoisotopic (exact) mass is 365 g/mol. The number of carbonyl (C=O) groups is 1. The van der Waals surface area contributed by atoms with E-state index in [0.717, 1.165) is 28.7 Å². The predicted octanol–water partition coefficient (Wildman–Crippen LogP) is 3.85. The van der Waals surface area contributed by atoms with Crippen LogP contribution in [0.25, 0.3) is 0 Å². The number of ether oxygens (including phenoxy) is 1. The molecule has 0 aliphatic carbocycles. The number of benzene rings is 2. The zero-order valence-electron chi connectivity index (χ0n) is 16.4. The van der Waals surface area contributed by atoms with Gasteiger partial charge in [0.1, 0.15) is 11.5 Å². The van der Waals surface area contributed by atoms with Gasteiger partial charge in [0.05, 0.1) is 6.54 Å². The number of aromatic hydroxyl groups is 1. The molecule has 0 fully saturated rings. The average molecular weight is 365 g/mol. The van der Waals surface area contributed by atoms with Crippen LogP contribution in [0.5, 0.6) is 11.5 Å². The van der Waals surface area contributed by atoms with Gasteiger partial charge in [-0.3, -0.25) is 4.79 Å². The molecule has 2 aromatic rings. The Labute approximate surface area is 161 Å². The smallest absolute Gasteiger partial charge is 0.258 e. The van der Waals surface area contributed by atoms with Crippen molar-refractivity contribution in [3.8, 4) is 23.8 Å². The van der Waals surface area contributed by atoms with Gasteiger partial charge in [0.25, 0.3) is 5.91 Å². The molecule has 4 heteroatoms. The highest BCUT2D eigenvalue weighted by Crippen LogP contribution is 2.29. The molecule has 0 radical (unpaired) electrons. The summed E-state index contributed by atoms with van der Waals surface area (Å²) in [5, 5.41) is 12.6. The standard InChI is InChI=1S/C23H27NO3/c1-6-9-24-23(26)14-27-19-10-16(4)21(17(5)11-19)13-18-7-8-22(25)20(12-18)15(2)3/h1,7-8,10-12,15,25H,9,13-14H2,2-5H3,(H,24,26). The molecule has 2 aromatic carbocycles. The molecule has 0 aliphatic heterocycles. The quantitative estimate of drug-likeness (QED) is 0.733. The van der Waals surface area contributed by atoms with Gasteiger partial charge in [-0.15, -0.1) is 6.42 Å². The van der Waals surface area contributed by atoms with Crippen LogP contribution >= 0.6 is 0 Å². The first-order chi connectivity index (χ1) is 12.8. The lowest BCUT2D eigenvalue weighted by molar-refractivity contribution is -0.122. The van der Waals surface area contributed by atoms with Crippen molar-refractivity contribution in [3.05, 3.63) is 58.1 Å². The first kappa shape index (κ1) is 20.4. The van der Waals surface area contributed by atoms with E-state index >= 15 is 0 Å². The van der Waals surface area contributed by atoms with Crippen molar-refractivity contribution >= 4 is 5.91 Å². The Kier molecular flexibility index (Phi) is 6.90. The van der Waals surface area contributed by atoms with Crippen LogP contribution in [0, 0.1) is 26.2 Å². The first-order valence-corrected chi connectivity index (χ1v) is 9.06. The summed E-state index contributed by atoms with van der Waals surface area (Å²) in [6.45, 7) is 8.36. The number of amides is 1. The van der Waals surface area contributed by atoms with Crippen LogP contribution in [0.4, 0.5) is 0 Å². The lowest BCUT2D eigenvalue weighted by atomic mass is 9.93. The number of phenolic OH excluding ortho intramolecular Hbond substituents is 1. The summed E-state index contributed by atoms with van der Waals surface area (Å²) < 4.78 is 5.58. The van der Waals surface area contributed by atoms with Gasteiger partial charge in [-0.1, -0.05) is 31.9 Å². The number of nitrogens with one attached hydrogen (secondary N) is 1. The molecule has 1 amide bonds. The van der Waals surface area contributed by atoms with Gasteiger partial charge in [-0.25, -0.2) is 0 Å². The van der Waals surface area contributed by atoms with Crippen molar-refractivity contribution in [2.75, 3.05) is 13.2 Å². The second-order valence-electron chi connectivity index (χ2n) is 7.03. The zero-order chi connectivity index (χ0) is 20.0. The van der Waals surface area contributed by atoms with Crippen molar-refractivity contribution in [2.24, 2.45) is 0 Å². The number of carbonyl (C=O) groups excluding carboxylic acids is 1. The second-order valence-corrected chi connectivity index (χ2v) is 7.03. The highest BCUT2D eigenvalue weighted by Gasteiger charge is 2.11. The molecule has 0 bridgehead atoms. The highest BCUT2D eigenvalue weighted by atomic mass is 16.5. The minimum absolute atomic E-state index is 0.0599. The van der Waals surface area contributed by atoms with Crippen LogP contribution in [0.3, 0.4) is 0 Å². The fourth-order valence-electron chi connectivity index (χ4n) is 3.05. The van der Waals surface area contributed by atoms with Crippen molar-refractivity contribution < 1.29 is 14.6 Å². The minimum Gasteiger partial charge on any atom is -0.508 e. The van der Waals surface area contributed by atoms with E-state index in [2.05, 4.69) is 31.2 Å². The normalized spacial score (nSPS) is 10.5. The van der Waals surface area contributed by atoms with Gasteiger partial charge in [-0.2, -0.15) is 0 Å². The fraction of sp³-hybridized carbons (Fsp3) is 0.348.